The highest BCUT2D eigenvalue weighted by Crippen LogP contribution is 2.20. The van der Waals surface area contributed by atoms with Gasteiger partial charge in [0.25, 0.3) is 0 Å². The Labute approximate surface area is 137 Å². The van der Waals surface area contributed by atoms with Crippen molar-refractivity contribution >= 4 is 10.1 Å². The Morgan fingerprint density at radius 3 is 1.54 bits per heavy atom. The van der Waals surface area contributed by atoms with E-state index >= 15 is 0 Å². The maximum Gasteiger partial charge on any atom is 0.522 e. The second kappa shape index (κ2) is 8.29. The number of aromatic nitrogens is 4. The van der Waals surface area contributed by atoms with E-state index in [4.69, 9.17) is 13.0 Å². The lowest BCUT2D eigenvalue weighted by molar-refractivity contribution is -0.0510. The van der Waals surface area contributed by atoms with Gasteiger partial charge in [-0.1, -0.05) is 0 Å². The molecule has 2 aromatic rings. The maximum atomic E-state index is 10.7. The van der Waals surface area contributed by atoms with Crippen LogP contribution < -0.4 is 0 Å². The summed E-state index contributed by atoms with van der Waals surface area (Å²) in [4.78, 5) is 8.41. The minimum atomic E-state index is -5.84. The van der Waals surface area contributed by atoms with E-state index in [1.165, 1.54) is 12.8 Å². The molecular formula is C13H19F3N4O3S. The van der Waals surface area contributed by atoms with Gasteiger partial charge in [-0.15, -0.1) is 0 Å². The van der Waals surface area contributed by atoms with Crippen LogP contribution in [0.5, 0.6) is 0 Å². The minimum Gasteiger partial charge on any atom is -0.335 e. The van der Waals surface area contributed by atoms with Gasteiger partial charge in [-0.3, -0.25) is 4.55 Å². The number of aryl methyl sites for hydroxylation is 4. The van der Waals surface area contributed by atoms with Gasteiger partial charge in [-0.05, 0) is 26.7 Å². The molecule has 0 aromatic carbocycles. The van der Waals surface area contributed by atoms with Crippen LogP contribution in [0.25, 0.3) is 0 Å². The lowest BCUT2D eigenvalue weighted by atomic mass is 10.3. The highest BCUT2D eigenvalue weighted by Gasteiger charge is 2.44. The zero-order valence-electron chi connectivity index (χ0n) is 13.2. The molecule has 0 fully saturated rings. The highest BCUT2D eigenvalue weighted by atomic mass is 32.2. The zero-order chi connectivity index (χ0) is 18.4. The molecule has 0 aliphatic heterocycles. The largest absolute Gasteiger partial charge is 0.522 e. The number of hydrogen-bond acceptors (Lipinski definition) is 4. The molecule has 0 atom stereocenters. The first kappa shape index (κ1) is 20.2. The van der Waals surface area contributed by atoms with Crippen molar-refractivity contribution in [2.45, 2.75) is 45.3 Å². The molecule has 7 nitrogen and oxygen atoms in total. The molecule has 1 N–H and O–H groups in total. The van der Waals surface area contributed by atoms with Crippen LogP contribution in [0.1, 0.15) is 24.5 Å². The molecule has 0 bridgehead atoms. The lowest BCUT2D eigenvalue weighted by Gasteiger charge is -2.06. The molecule has 0 aliphatic carbocycles. The standard InChI is InChI=1S/C12H18N4.CHF3O3S/c1-11-13-5-9-15(11)7-3-4-8-16-10-6-14-12(16)2;2-1(3,4)8(5,6)7/h5-6,9-10H,3-4,7-8H2,1-2H3;(H,5,6,7). The van der Waals surface area contributed by atoms with Gasteiger partial charge in [0.2, 0.25) is 0 Å². The maximum absolute atomic E-state index is 10.7. The van der Waals surface area contributed by atoms with E-state index in [-0.39, 0.29) is 0 Å². The number of rotatable bonds is 5. The molecule has 0 spiro atoms. The van der Waals surface area contributed by atoms with Crippen LogP contribution in [-0.2, 0) is 23.2 Å². The van der Waals surface area contributed by atoms with E-state index in [0.29, 0.717) is 0 Å². The molecular weight excluding hydrogens is 349 g/mol. The van der Waals surface area contributed by atoms with Crippen molar-refractivity contribution in [3.63, 3.8) is 0 Å². The Bertz CT molecular complexity index is 695. The van der Waals surface area contributed by atoms with Gasteiger partial charge in [0.05, 0.1) is 0 Å². The van der Waals surface area contributed by atoms with Crippen molar-refractivity contribution in [3.8, 4) is 0 Å². The van der Waals surface area contributed by atoms with E-state index in [2.05, 4.69) is 19.1 Å². The average molecular weight is 368 g/mol. The third kappa shape index (κ3) is 6.32. The highest BCUT2D eigenvalue weighted by molar-refractivity contribution is 7.86. The van der Waals surface area contributed by atoms with Crippen LogP contribution in [0.2, 0.25) is 0 Å². The molecule has 11 heteroatoms. The summed E-state index contributed by atoms with van der Waals surface area (Å²) >= 11 is 0. The zero-order valence-corrected chi connectivity index (χ0v) is 14.0. The van der Waals surface area contributed by atoms with E-state index in [1.807, 2.05) is 38.6 Å². The fourth-order valence-electron chi connectivity index (χ4n) is 1.84. The van der Waals surface area contributed by atoms with Crippen molar-refractivity contribution in [2.75, 3.05) is 0 Å². The van der Waals surface area contributed by atoms with Crippen molar-refractivity contribution in [1.82, 2.24) is 19.1 Å². The Hall–Kier alpha value is -1.88. The number of unbranched alkanes of at least 4 members (excludes halogenated alkanes) is 1. The Kier molecular flexibility index (Phi) is 6.96. The van der Waals surface area contributed by atoms with E-state index in [9.17, 15) is 13.2 Å². The van der Waals surface area contributed by atoms with Crippen LogP contribution in [0.15, 0.2) is 24.8 Å². The monoisotopic (exact) mass is 368 g/mol. The summed E-state index contributed by atoms with van der Waals surface area (Å²) in [6.07, 6.45) is 10.1. The van der Waals surface area contributed by atoms with Gasteiger partial charge < -0.3 is 9.13 Å². The molecule has 0 radical (unpaired) electrons. The quantitative estimate of drug-likeness (QED) is 0.498. The fraction of sp³-hybridized carbons (Fsp3) is 0.538. The Balaban J connectivity index is 0.000000307. The van der Waals surface area contributed by atoms with Crippen molar-refractivity contribution in [1.29, 1.82) is 0 Å². The molecule has 136 valence electrons. The van der Waals surface area contributed by atoms with E-state index in [1.54, 1.807) is 0 Å². The molecule has 0 unspecified atom stereocenters. The van der Waals surface area contributed by atoms with Gasteiger partial charge >= 0.3 is 15.6 Å². The first-order valence-corrected chi connectivity index (χ1v) is 8.45. The topological polar surface area (TPSA) is 90.0 Å². The Morgan fingerprint density at radius 1 is 1.00 bits per heavy atom. The summed E-state index contributed by atoms with van der Waals surface area (Å²) in [6.45, 7) is 6.19. The second-order valence-electron chi connectivity index (χ2n) is 4.96. The second-order valence-corrected chi connectivity index (χ2v) is 6.38. The molecule has 24 heavy (non-hydrogen) atoms. The molecule has 0 saturated carbocycles. The number of imidazole rings is 2. The summed E-state index contributed by atoms with van der Waals surface area (Å²) in [5, 5.41) is 0. The van der Waals surface area contributed by atoms with Gasteiger partial charge in [0, 0.05) is 37.9 Å². The van der Waals surface area contributed by atoms with Crippen LogP contribution >= 0.6 is 0 Å². The fourth-order valence-corrected chi connectivity index (χ4v) is 1.84. The Morgan fingerprint density at radius 2 is 1.33 bits per heavy atom. The lowest BCUT2D eigenvalue weighted by Crippen LogP contribution is -2.21. The number of hydrogen-bond donors (Lipinski definition) is 1. The van der Waals surface area contributed by atoms with Crippen LogP contribution in [0, 0.1) is 13.8 Å². The summed E-state index contributed by atoms with van der Waals surface area (Å²) in [5.41, 5.74) is -5.53. The third-order valence-corrected chi connectivity index (χ3v) is 3.77. The van der Waals surface area contributed by atoms with Crippen LogP contribution in [0.3, 0.4) is 0 Å². The molecule has 2 rings (SSSR count). The van der Waals surface area contributed by atoms with E-state index in [0.717, 1.165) is 24.7 Å². The first-order chi connectivity index (χ1) is 11.0. The van der Waals surface area contributed by atoms with Crippen LogP contribution in [0.4, 0.5) is 13.2 Å². The van der Waals surface area contributed by atoms with Crippen molar-refractivity contribution in [3.05, 3.63) is 36.4 Å². The predicted molar refractivity (Wildman–Crippen MR) is 80.8 cm³/mol. The average Bonchev–Trinajstić information content (AvgIpc) is 3.02. The van der Waals surface area contributed by atoms with Gasteiger partial charge in [0.15, 0.2) is 0 Å². The third-order valence-electron chi connectivity index (χ3n) is 3.19. The number of alkyl halides is 3. The van der Waals surface area contributed by atoms with Crippen LogP contribution in [-0.4, -0.2) is 37.6 Å². The summed E-state index contributed by atoms with van der Waals surface area (Å²) in [6, 6.07) is 0. The van der Waals surface area contributed by atoms with Gasteiger partial charge in [-0.25, -0.2) is 9.97 Å². The number of halogens is 3. The van der Waals surface area contributed by atoms with Gasteiger partial charge in [0.1, 0.15) is 11.6 Å². The van der Waals surface area contributed by atoms with Gasteiger partial charge in [-0.2, -0.15) is 21.6 Å². The summed E-state index contributed by atoms with van der Waals surface area (Å²) in [5.74, 6) is 2.19. The first-order valence-electron chi connectivity index (χ1n) is 7.01. The molecule has 2 aromatic heterocycles. The molecule has 2 heterocycles. The number of nitrogens with zero attached hydrogens (tertiary/aromatic N) is 4. The molecule has 0 saturated heterocycles. The van der Waals surface area contributed by atoms with Crippen molar-refractivity contribution < 1.29 is 26.1 Å². The smallest absolute Gasteiger partial charge is 0.335 e. The molecule has 0 amide bonds. The summed E-state index contributed by atoms with van der Waals surface area (Å²) < 4.78 is 61.9. The summed E-state index contributed by atoms with van der Waals surface area (Å²) in [7, 11) is -5.84. The SMILES string of the molecule is Cc1nccn1CCCCn1ccnc1C.O=S(=O)(O)C(F)(F)F. The molecule has 0 aliphatic rings. The predicted octanol–water partition coefficient (Wildman–Crippen LogP) is 2.57. The minimum absolute atomic E-state index is 1.06. The van der Waals surface area contributed by atoms with Crippen molar-refractivity contribution in [2.24, 2.45) is 0 Å². The van der Waals surface area contributed by atoms with E-state index < -0.39 is 15.6 Å². The normalized spacial score (nSPS) is 11.9.